The predicted octanol–water partition coefficient (Wildman–Crippen LogP) is 14.1. The summed E-state index contributed by atoms with van der Waals surface area (Å²) in [6.07, 6.45) is 0. The summed E-state index contributed by atoms with van der Waals surface area (Å²) >= 11 is 1.92. The molecule has 2 spiro atoms. The van der Waals surface area contributed by atoms with Gasteiger partial charge in [-0.1, -0.05) is 193 Å². The second kappa shape index (κ2) is 13.0. The molecule has 0 unspecified atom stereocenters. The number of thiophene rings is 1. The molecule has 316 valence electrons. The van der Waals surface area contributed by atoms with Crippen molar-refractivity contribution in [3.05, 3.63) is 221 Å². The van der Waals surface area contributed by atoms with Crippen LogP contribution >= 0.6 is 11.3 Å². The summed E-state index contributed by atoms with van der Waals surface area (Å²) in [6, 6.07) is 73.8. The molecule has 0 atom stereocenters. The fraction of sp³-hybridized carbons (Fsp3) is 0.143. The summed E-state index contributed by atoms with van der Waals surface area (Å²) in [5.41, 5.74) is 19.5. The quantitative estimate of drug-likeness (QED) is 0.149. The molecule has 14 rings (SSSR count). The van der Waals surface area contributed by atoms with E-state index in [1.54, 1.807) is 0 Å². The first-order chi connectivity index (χ1) is 32.0. The first-order valence-electron chi connectivity index (χ1n) is 23.6. The van der Waals surface area contributed by atoms with Crippen LogP contribution in [0.2, 0.25) is 0 Å². The highest BCUT2D eigenvalue weighted by molar-refractivity contribution is 7.26. The van der Waals surface area contributed by atoms with E-state index in [0.29, 0.717) is 0 Å². The van der Waals surface area contributed by atoms with E-state index in [0.717, 1.165) is 0 Å². The molecule has 4 aliphatic rings. The van der Waals surface area contributed by atoms with Crippen molar-refractivity contribution in [3.63, 3.8) is 0 Å². The van der Waals surface area contributed by atoms with Crippen LogP contribution in [0, 0.1) is 0 Å². The molecule has 0 radical (unpaired) electrons. The third-order valence-electron chi connectivity index (χ3n) is 15.8. The first-order valence-corrected chi connectivity index (χ1v) is 26.4. The van der Waals surface area contributed by atoms with Crippen LogP contribution in [0.4, 0.5) is 17.1 Å². The lowest BCUT2D eigenvalue weighted by atomic mass is 9.63. The maximum Gasteiger partial charge on any atom is 0.182 e. The van der Waals surface area contributed by atoms with Crippen LogP contribution in [0.5, 0.6) is 0 Å². The second-order valence-corrected chi connectivity index (χ2v) is 25.9. The highest BCUT2D eigenvalue weighted by Gasteiger charge is 2.56. The van der Waals surface area contributed by atoms with E-state index in [1.807, 2.05) is 11.3 Å². The minimum atomic E-state index is -2.70. The SMILES string of the molecule is CC(C)(C)c1ccc2c(c1)C1(c3cc(C(C)(C)C)ccc3-2)c2ccccc2N(c2ccc3c(c2)[Si]2(c4ccccc4-c4ccccc42)c2ccccc2-3)c2cc3sc4ccccc4c3cc21. The van der Waals surface area contributed by atoms with Crippen LogP contribution in [0.15, 0.2) is 188 Å². The Morgan fingerprint density at radius 1 is 0.379 bits per heavy atom. The van der Waals surface area contributed by atoms with Gasteiger partial charge in [0.1, 0.15) is 0 Å². The monoisotopic (exact) mass is 879 g/mol. The van der Waals surface area contributed by atoms with Gasteiger partial charge in [-0.2, -0.15) is 0 Å². The molecular weight excluding hydrogens is 831 g/mol. The Hall–Kier alpha value is -6.78. The Morgan fingerprint density at radius 2 is 0.894 bits per heavy atom. The smallest absolute Gasteiger partial charge is 0.182 e. The highest BCUT2D eigenvalue weighted by Crippen LogP contribution is 2.65. The van der Waals surface area contributed by atoms with Gasteiger partial charge in [0.25, 0.3) is 0 Å². The summed E-state index contributed by atoms with van der Waals surface area (Å²) in [4.78, 5) is 2.65. The van der Waals surface area contributed by atoms with Crippen LogP contribution < -0.4 is 25.6 Å². The van der Waals surface area contributed by atoms with Crippen LogP contribution in [-0.2, 0) is 16.2 Å². The summed E-state index contributed by atoms with van der Waals surface area (Å²) in [6.45, 7) is 14.1. The second-order valence-electron chi connectivity index (χ2n) is 21.2. The van der Waals surface area contributed by atoms with Gasteiger partial charge >= 0.3 is 0 Å². The standard InChI is InChI=1S/C63H49NSSi/c1-61(2,3)38-27-30-41-42-31-28-39(62(4,5)6)34-51(42)63(50(41)33-38)49-21-11-12-22-53(49)64(54-37-56-48(36-52(54)63)43-17-7-13-23-55(43)65-56)40-29-32-47-46-20-10-16-26-59(46)66(60(47)35-40)57-24-14-8-18-44(57)45-19-9-15-25-58(45)66/h7-37H,1-6H3. The molecule has 1 nitrogen and oxygen atoms in total. The van der Waals surface area contributed by atoms with E-state index in [-0.39, 0.29) is 10.8 Å². The topological polar surface area (TPSA) is 3.24 Å². The maximum absolute atomic E-state index is 2.70. The summed E-state index contributed by atoms with van der Waals surface area (Å²) in [7, 11) is -2.70. The lowest BCUT2D eigenvalue weighted by Crippen LogP contribution is -2.70. The van der Waals surface area contributed by atoms with Crippen LogP contribution in [0.3, 0.4) is 0 Å². The molecule has 1 aromatic heterocycles. The van der Waals surface area contributed by atoms with Crippen molar-refractivity contribution in [2.24, 2.45) is 0 Å². The van der Waals surface area contributed by atoms with Crippen molar-refractivity contribution >= 4 is 77.4 Å². The van der Waals surface area contributed by atoms with Crippen molar-refractivity contribution in [2.75, 3.05) is 4.90 Å². The van der Waals surface area contributed by atoms with Crippen LogP contribution in [0.25, 0.3) is 53.6 Å². The minimum absolute atomic E-state index is 0.0303. The van der Waals surface area contributed by atoms with Crippen LogP contribution in [-0.4, -0.2) is 8.07 Å². The number of fused-ring (bicyclic) bond motifs is 22. The molecule has 3 heteroatoms. The predicted molar refractivity (Wildman–Crippen MR) is 284 cm³/mol. The average molecular weight is 880 g/mol. The van der Waals surface area contributed by atoms with E-state index in [1.165, 1.54) is 125 Å². The van der Waals surface area contributed by atoms with Gasteiger partial charge in [0.2, 0.25) is 0 Å². The van der Waals surface area contributed by atoms with Gasteiger partial charge in [-0.25, -0.2) is 0 Å². The van der Waals surface area contributed by atoms with Gasteiger partial charge in [-0.3, -0.25) is 0 Å². The number of nitrogens with zero attached hydrogens (tertiary/aromatic N) is 1. The minimum Gasteiger partial charge on any atom is -0.310 e. The Morgan fingerprint density at radius 3 is 1.50 bits per heavy atom. The van der Waals surface area contributed by atoms with E-state index < -0.39 is 13.5 Å². The van der Waals surface area contributed by atoms with Gasteiger partial charge in [-0.15, -0.1) is 11.3 Å². The summed E-state index contributed by atoms with van der Waals surface area (Å²) in [5, 5.41) is 8.65. The highest BCUT2D eigenvalue weighted by atomic mass is 32.1. The van der Waals surface area contributed by atoms with Crippen molar-refractivity contribution < 1.29 is 0 Å². The molecule has 0 saturated heterocycles. The fourth-order valence-electron chi connectivity index (χ4n) is 12.8. The number of hydrogen-bond donors (Lipinski definition) is 0. The number of rotatable bonds is 1. The van der Waals surface area contributed by atoms with E-state index in [4.69, 9.17) is 0 Å². The molecule has 0 bridgehead atoms. The van der Waals surface area contributed by atoms with Crippen molar-refractivity contribution in [3.8, 4) is 33.4 Å². The molecule has 0 fully saturated rings. The molecule has 4 heterocycles. The zero-order valence-electron chi connectivity index (χ0n) is 38.3. The van der Waals surface area contributed by atoms with Crippen molar-refractivity contribution in [1.29, 1.82) is 0 Å². The summed E-state index contributed by atoms with van der Waals surface area (Å²) < 4.78 is 2.64. The third kappa shape index (κ3) is 4.74. The Bertz CT molecular complexity index is 3630. The van der Waals surface area contributed by atoms with Gasteiger partial charge in [0.15, 0.2) is 8.07 Å². The van der Waals surface area contributed by atoms with Crippen LogP contribution in [0.1, 0.15) is 74.9 Å². The molecule has 0 amide bonds. The molecule has 9 aromatic carbocycles. The number of hydrogen-bond acceptors (Lipinski definition) is 2. The van der Waals surface area contributed by atoms with E-state index in [2.05, 4.69) is 234 Å². The normalized spacial score (nSPS) is 15.3. The molecule has 3 aliphatic heterocycles. The molecule has 10 aromatic rings. The third-order valence-corrected chi connectivity index (χ3v) is 21.9. The molecular formula is C63H49NSSi. The zero-order valence-corrected chi connectivity index (χ0v) is 40.1. The molecule has 66 heavy (non-hydrogen) atoms. The van der Waals surface area contributed by atoms with E-state index in [9.17, 15) is 0 Å². The lowest BCUT2D eigenvalue weighted by Gasteiger charge is -2.45. The number of para-hydroxylation sites is 1. The van der Waals surface area contributed by atoms with Gasteiger partial charge in [0, 0.05) is 25.9 Å². The average Bonchev–Trinajstić information content (AvgIpc) is 4.03. The molecule has 0 N–H and O–H groups in total. The number of benzene rings is 9. The van der Waals surface area contributed by atoms with E-state index >= 15 is 0 Å². The Labute approximate surface area is 392 Å². The van der Waals surface area contributed by atoms with Gasteiger partial charge < -0.3 is 4.90 Å². The maximum atomic E-state index is 2.65. The molecule has 0 saturated carbocycles. The molecule has 1 aliphatic carbocycles. The lowest BCUT2D eigenvalue weighted by molar-refractivity contribution is 0.586. The largest absolute Gasteiger partial charge is 0.310 e. The van der Waals surface area contributed by atoms with Gasteiger partial charge in [0.05, 0.1) is 16.8 Å². The number of anilines is 3. The fourth-order valence-corrected chi connectivity index (χ4v) is 19.6. The van der Waals surface area contributed by atoms with Crippen molar-refractivity contribution in [1.82, 2.24) is 0 Å². The van der Waals surface area contributed by atoms with Crippen molar-refractivity contribution in [2.45, 2.75) is 57.8 Å². The zero-order chi connectivity index (χ0) is 44.5. The first kappa shape index (κ1) is 38.5. The Balaban J connectivity index is 1.12. The summed E-state index contributed by atoms with van der Waals surface area (Å²) in [5.74, 6) is 0. The van der Waals surface area contributed by atoms with Gasteiger partial charge in [-0.05, 0) is 135 Å². The Kier molecular flexibility index (Phi) is 7.56.